The van der Waals surface area contributed by atoms with Crippen LogP contribution in [0.5, 0.6) is 5.75 Å². The maximum atomic E-state index is 12.6. The Bertz CT molecular complexity index is 847. The topological polar surface area (TPSA) is 55.8 Å². The number of rotatable bonds is 5. The van der Waals surface area contributed by atoms with Gasteiger partial charge >= 0.3 is 5.97 Å². The van der Waals surface area contributed by atoms with Crippen LogP contribution in [0.15, 0.2) is 42.5 Å². The molecule has 0 aromatic heterocycles. The summed E-state index contributed by atoms with van der Waals surface area (Å²) in [4.78, 5) is 26.6. The smallest absolute Gasteiger partial charge is 0.344 e. The van der Waals surface area contributed by atoms with Gasteiger partial charge in [0.1, 0.15) is 5.75 Å². The summed E-state index contributed by atoms with van der Waals surface area (Å²) < 4.78 is 10.7. The van der Waals surface area contributed by atoms with Crippen LogP contribution in [-0.4, -0.2) is 42.6 Å². The predicted octanol–water partition coefficient (Wildman–Crippen LogP) is 3.94. The molecular weight excluding hydrogens is 354 g/mol. The van der Waals surface area contributed by atoms with Gasteiger partial charge in [-0.1, -0.05) is 43.2 Å². The second-order valence-corrected chi connectivity index (χ2v) is 7.80. The van der Waals surface area contributed by atoms with Gasteiger partial charge in [-0.05, 0) is 54.5 Å². The van der Waals surface area contributed by atoms with E-state index in [-0.39, 0.29) is 19.1 Å². The molecule has 2 atom stereocenters. The number of hydrogen-bond acceptors (Lipinski definition) is 4. The molecule has 4 rings (SSSR count). The number of fused-ring (bicyclic) bond motifs is 2. The van der Waals surface area contributed by atoms with E-state index in [1.54, 1.807) is 0 Å². The first kappa shape index (κ1) is 18.8. The molecule has 28 heavy (non-hydrogen) atoms. The molecule has 2 fully saturated rings. The van der Waals surface area contributed by atoms with Gasteiger partial charge in [-0.3, -0.25) is 4.79 Å². The molecule has 148 valence electrons. The molecule has 2 aromatic carbocycles. The van der Waals surface area contributed by atoms with Crippen LogP contribution in [0.4, 0.5) is 0 Å². The highest BCUT2D eigenvalue weighted by Crippen LogP contribution is 2.35. The third-order valence-electron chi connectivity index (χ3n) is 6.00. The average molecular weight is 381 g/mol. The van der Waals surface area contributed by atoms with E-state index in [0.29, 0.717) is 17.7 Å². The van der Waals surface area contributed by atoms with E-state index in [4.69, 9.17) is 9.47 Å². The molecule has 0 radical (unpaired) electrons. The summed E-state index contributed by atoms with van der Waals surface area (Å²) in [5.74, 6) is 0.649. The van der Waals surface area contributed by atoms with Crippen LogP contribution in [0.3, 0.4) is 0 Å². The fourth-order valence-corrected chi connectivity index (χ4v) is 4.60. The Morgan fingerprint density at radius 3 is 2.61 bits per heavy atom. The molecule has 1 saturated carbocycles. The van der Waals surface area contributed by atoms with E-state index < -0.39 is 5.97 Å². The summed E-state index contributed by atoms with van der Waals surface area (Å²) in [5.41, 5.74) is 0. The first-order chi connectivity index (χ1) is 13.7. The number of nitrogens with zero attached hydrogens (tertiary/aromatic N) is 1. The zero-order valence-corrected chi connectivity index (χ0v) is 16.1. The maximum absolute atomic E-state index is 12.6. The van der Waals surface area contributed by atoms with Crippen molar-refractivity contribution in [2.24, 2.45) is 5.92 Å². The average Bonchev–Trinajstić information content (AvgIpc) is 2.75. The lowest BCUT2D eigenvalue weighted by molar-refractivity contribution is -0.156. The van der Waals surface area contributed by atoms with Gasteiger partial charge in [0.2, 0.25) is 0 Å². The summed E-state index contributed by atoms with van der Waals surface area (Å²) >= 11 is 0. The molecular formula is C23H27NO4. The Labute approximate surface area is 165 Å². The van der Waals surface area contributed by atoms with E-state index in [0.717, 1.165) is 30.2 Å². The van der Waals surface area contributed by atoms with Crippen molar-refractivity contribution < 1.29 is 19.1 Å². The van der Waals surface area contributed by atoms with Gasteiger partial charge in [-0.2, -0.15) is 0 Å². The van der Waals surface area contributed by atoms with Crippen molar-refractivity contribution >= 4 is 22.6 Å². The van der Waals surface area contributed by atoms with Crippen molar-refractivity contribution in [1.82, 2.24) is 4.90 Å². The highest BCUT2D eigenvalue weighted by Gasteiger charge is 2.35. The fraction of sp³-hybridized carbons (Fsp3) is 0.478. The fourth-order valence-electron chi connectivity index (χ4n) is 4.60. The number of carbonyl (C=O) groups is 2. The van der Waals surface area contributed by atoms with Crippen molar-refractivity contribution in [2.45, 2.75) is 44.6 Å². The van der Waals surface area contributed by atoms with Crippen LogP contribution < -0.4 is 4.74 Å². The van der Waals surface area contributed by atoms with Gasteiger partial charge in [0.15, 0.2) is 13.2 Å². The summed E-state index contributed by atoms with van der Waals surface area (Å²) in [7, 11) is 0. The number of esters is 1. The lowest BCUT2D eigenvalue weighted by Gasteiger charge is -2.44. The van der Waals surface area contributed by atoms with Crippen LogP contribution in [0.1, 0.15) is 38.5 Å². The second-order valence-electron chi connectivity index (χ2n) is 7.80. The standard InChI is InChI=1S/C23H27NO4/c25-22(24-13-5-9-18-7-3-4-10-21(18)24)15-28-23(26)16-27-20-12-11-17-6-1-2-8-19(17)14-20/h1-2,6,8,11-12,14,18,21H,3-5,7,9-10,13,15-16H2/t18-,21+/m1/s1. The van der Waals surface area contributed by atoms with Gasteiger partial charge in [0.05, 0.1) is 0 Å². The maximum Gasteiger partial charge on any atom is 0.344 e. The van der Waals surface area contributed by atoms with Gasteiger partial charge in [-0.15, -0.1) is 0 Å². The van der Waals surface area contributed by atoms with E-state index in [2.05, 4.69) is 0 Å². The molecule has 1 heterocycles. The minimum Gasteiger partial charge on any atom is -0.482 e. The van der Waals surface area contributed by atoms with E-state index >= 15 is 0 Å². The molecule has 0 spiro atoms. The third-order valence-corrected chi connectivity index (χ3v) is 6.00. The first-order valence-electron chi connectivity index (χ1n) is 10.3. The zero-order chi connectivity index (χ0) is 19.3. The molecule has 0 unspecified atom stereocenters. The third kappa shape index (κ3) is 4.29. The molecule has 1 saturated heterocycles. The van der Waals surface area contributed by atoms with Gasteiger partial charge in [0, 0.05) is 12.6 Å². The summed E-state index contributed by atoms with van der Waals surface area (Å²) in [5, 5.41) is 2.17. The van der Waals surface area contributed by atoms with Crippen molar-refractivity contribution in [3.63, 3.8) is 0 Å². The summed E-state index contributed by atoms with van der Waals surface area (Å²) in [6.45, 7) is 0.395. The molecule has 5 nitrogen and oxygen atoms in total. The van der Waals surface area contributed by atoms with Crippen molar-refractivity contribution in [3.05, 3.63) is 42.5 Å². The monoisotopic (exact) mass is 381 g/mol. The molecule has 1 aliphatic carbocycles. The van der Waals surface area contributed by atoms with Crippen LogP contribution in [0.2, 0.25) is 0 Å². The number of hydrogen-bond donors (Lipinski definition) is 0. The molecule has 1 amide bonds. The Hall–Kier alpha value is -2.56. The molecule has 0 bridgehead atoms. The Balaban J connectivity index is 1.26. The van der Waals surface area contributed by atoms with Crippen LogP contribution >= 0.6 is 0 Å². The largest absolute Gasteiger partial charge is 0.482 e. The van der Waals surface area contributed by atoms with E-state index in [9.17, 15) is 9.59 Å². The Kier molecular flexibility index (Phi) is 5.79. The zero-order valence-electron chi connectivity index (χ0n) is 16.1. The van der Waals surface area contributed by atoms with Gasteiger partial charge < -0.3 is 14.4 Å². The summed E-state index contributed by atoms with van der Waals surface area (Å²) in [6.07, 6.45) is 7.01. The number of amides is 1. The number of piperidine rings is 1. The Morgan fingerprint density at radius 2 is 1.71 bits per heavy atom. The predicted molar refractivity (Wildman–Crippen MR) is 107 cm³/mol. The number of carbonyl (C=O) groups excluding carboxylic acids is 2. The minimum absolute atomic E-state index is 0.0735. The quantitative estimate of drug-likeness (QED) is 0.736. The lowest BCUT2D eigenvalue weighted by Crippen LogP contribution is -2.51. The van der Waals surface area contributed by atoms with Crippen LogP contribution in [-0.2, 0) is 14.3 Å². The minimum atomic E-state index is -0.515. The SMILES string of the molecule is O=C(COc1ccc2ccccc2c1)OCC(=O)N1CCC[C@H]2CCCC[C@@H]21. The summed E-state index contributed by atoms with van der Waals surface area (Å²) in [6, 6.07) is 14.0. The van der Waals surface area contributed by atoms with Crippen LogP contribution in [0.25, 0.3) is 10.8 Å². The number of likely N-dealkylation sites (tertiary alicyclic amines) is 1. The van der Waals surface area contributed by atoms with Gasteiger partial charge in [0.25, 0.3) is 5.91 Å². The molecule has 2 aromatic rings. The van der Waals surface area contributed by atoms with Gasteiger partial charge in [-0.25, -0.2) is 4.79 Å². The first-order valence-corrected chi connectivity index (χ1v) is 10.3. The van der Waals surface area contributed by atoms with Crippen molar-refractivity contribution in [1.29, 1.82) is 0 Å². The highest BCUT2D eigenvalue weighted by molar-refractivity contribution is 5.84. The molecule has 0 N–H and O–H groups in total. The second kappa shape index (κ2) is 8.63. The molecule has 1 aliphatic heterocycles. The number of ether oxygens (including phenoxy) is 2. The van der Waals surface area contributed by atoms with Crippen molar-refractivity contribution in [2.75, 3.05) is 19.8 Å². The normalized spacial score (nSPS) is 21.8. The lowest BCUT2D eigenvalue weighted by atomic mass is 9.78. The Morgan fingerprint density at radius 1 is 0.929 bits per heavy atom. The van der Waals surface area contributed by atoms with E-state index in [1.807, 2.05) is 47.4 Å². The molecule has 5 heteroatoms. The number of benzene rings is 2. The van der Waals surface area contributed by atoms with E-state index in [1.165, 1.54) is 25.7 Å². The highest BCUT2D eigenvalue weighted by atomic mass is 16.6. The van der Waals surface area contributed by atoms with Crippen LogP contribution in [0, 0.1) is 5.92 Å². The van der Waals surface area contributed by atoms with Crippen molar-refractivity contribution in [3.8, 4) is 5.75 Å². The molecule has 2 aliphatic rings.